The van der Waals surface area contributed by atoms with Gasteiger partial charge in [-0.05, 0) is 24.6 Å². The van der Waals surface area contributed by atoms with Crippen molar-refractivity contribution >= 4 is 22.8 Å². The fraction of sp³-hybridized carbons (Fsp3) is 0.867. The summed E-state index contributed by atoms with van der Waals surface area (Å²) in [6.45, 7) is 4.02. The van der Waals surface area contributed by atoms with E-state index in [1.54, 1.807) is 7.11 Å². The molecular weight excluding hydrogens is 272 g/mol. The summed E-state index contributed by atoms with van der Waals surface area (Å²) >= 11 is 1.45. The van der Waals surface area contributed by atoms with Crippen molar-refractivity contribution in [2.75, 3.05) is 7.11 Å². The van der Waals surface area contributed by atoms with Gasteiger partial charge in [0.15, 0.2) is 5.17 Å². The Morgan fingerprint density at radius 3 is 2.35 bits per heavy atom. The molecule has 114 valence electrons. The molecule has 1 atom stereocenters. The molecule has 5 heteroatoms. The van der Waals surface area contributed by atoms with E-state index in [1.165, 1.54) is 43.9 Å². The lowest BCUT2D eigenvalue weighted by Crippen LogP contribution is -2.42. The van der Waals surface area contributed by atoms with Gasteiger partial charge in [0.2, 0.25) is 4.93 Å². The number of ether oxygens (including phenoxy) is 1. The predicted molar refractivity (Wildman–Crippen MR) is 83.9 cm³/mol. The number of nitrogens with zero attached hydrogens (tertiary/aromatic N) is 1. The van der Waals surface area contributed by atoms with Gasteiger partial charge < -0.3 is 10.1 Å². The Kier molecular flexibility index (Phi) is 5.49. The third kappa shape index (κ3) is 3.37. The largest absolute Gasteiger partial charge is 0.358 e. The van der Waals surface area contributed by atoms with Crippen LogP contribution in [0.2, 0.25) is 0 Å². The first-order valence-corrected chi connectivity index (χ1v) is 8.53. The number of amides is 1. The number of carbonyl (C=O) groups is 1. The van der Waals surface area contributed by atoms with Crippen molar-refractivity contribution in [2.24, 2.45) is 10.9 Å². The zero-order valence-electron chi connectivity index (χ0n) is 12.8. The molecule has 2 fully saturated rings. The Hall–Kier alpha value is -0.550. The van der Waals surface area contributed by atoms with Crippen LogP contribution in [0.15, 0.2) is 4.99 Å². The van der Waals surface area contributed by atoms with Crippen molar-refractivity contribution in [3.8, 4) is 0 Å². The van der Waals surface area contributed by atoms with Crippen LogP contribution in [0.1, 0.15) is 58.8 Å². The number of thioether (sulfide) groups is 1. The average Bonchev–Trinajstić information content (AvgIpc) is 2.70. The number of hydrogen-bond acceptors (Lipinski definition) is 4. The third-order valence-electron chi connectivity index (χ3n) is 4.22. The van der Waals surface area contributed by atoms with E-state index >= 15 is 0 Å². The highest BCUT2D eigenvalue weighted by molar-refractivity contribution is 8.16. The van der Waals surface area contributed by atoms with E-state index in [4.69, 9.17) is 9.73 Å². The maximum absolute atomic E-state index is 12.2. The molecule has 1 amide bonds. The number of rotatable bonds is 3. The average molecular weight is 298 g/mol. The molecule has 1 N–H and O–H groups in total. The minimum atomic E-state index is -0.805. The Bertz CT molecular complexity index is 376. The molecule has 0 radical (unpaired) electrons. The summed E-state index contributed by atoms with van der Waals surface area (Å²) in [5.74, 6) is 0.0483. The monoisotopic (exact) mass is 298 g/mol. The van der Waals surface area contributed by atoms with Crippen LogP contribution in [-0.4, -0.2) is 29.2 Å². The first kappa shape index (κ1) is 15.8. The standard InChI is InChI=1S/C15H26N2O2S/c1-11(2)15(19-3)13(18)17-14(20-15)16-12-9-7-5-4-6-8-10-12/h11-12H,4-10H2,1-3H3,(H,16,17,18). The summed E-state index contributed by atoms with van der Waals surface area (Å²) in [5.41, 5.74) is 0. The molecule has 20 heavy (non-hydrogen) atoms. The minimum Gasteiger partial charge on any atom is -0.358 e. The molecule has 1 heterocycles. The van der Waals surface area contributed by atoms with E-state index in [1.807, 2.05) is 13.8 Å². The summed E-state index contributed by atoms with van der Waals surface area (Å²) in [4.78, 5) is 16.2. The Balaban J connectivity index is 2.06. The normalized spacial score (nSPS) is 31.4. The lowest BCUT2D eigenvalue weighted by Gasteiger charge is -2.26. The molecule has 1 saturated heterocycles. The van der Waals surface area contributed by atoms with Crippen molar-refractivity contribution in [1.82, 2.24) is 5.32 Å². The van der Waals surface area contributed by atoms with Crippen LogP contribution in [0, 0.1) is 5.92 Å². The summed E-state index contributed by atoms with van der Waals surface area (Å²) in [5, 5.41) is 3.66. The number of nitrogens with one attached hydrogen (secondary N) is 1. The van der Waals surface area contributed by atoms with Crippen molar-refractivity contribution < 1.29 is 9.53 Å². The Morgan fingerprint density at radius 2 is 1.85 bits per heavy atom. The molecule has 2 rings (SSSR count). The van der Waals surface area contributed by atoms with Crippen molar-refractivity contribution in [2.45, 2.75) is 69.8 Å². The highest BCUT2D eigenvalue weighted by Crippen LogP contribution is 2.39. The van der Waals surface area contributed by atoms with Crippen LogP contribution in [-0.2, 0) is 9.53 Å². The lowest BCUT2D eigenvalue weighted by atomic mass is 9.97. The second-order valence-corrected chi connectivity index (χ2v) is 7.21. The molecule has 1 aliphatic heterocycles. The molecule has 1 saturated carbocycles. The van der Waals surface area contributed by atoms with Gasteiger partial charge in [0.1, 0.15) is 0 Å². The minimum absolute atomic E-state index is 0.0652. The van der Waals surface area contributed by atoms with Gasteiger partial charge in [-0.15, -0.1) is 0 Å². The number of aliphatic imine (C=N–C) groups is 1. The molecule has 4 nitrogen and oxygen atoms in total. The van der Waals surface area contributed by atoms with Crippen LogP contribution in [0.5, 0.6) is 0 Å². The topological polar surface area (TPSA) is 50.7 Å². The van der Waals surface area contributed by atoms with Crippen molar-refractivity contribution in [3.63, 3.8) is 0 Å². The second-order valence-electron chi connectivity index (χ2n) is 6.02. The van der Waals surface area contributed by atoms with Gasteiger partial charge in [0, 0.05) is 13.0 Å². The second kappa shape index (κ2) is 6.94. The molecular formula is C15H26N2O2S. The van der Waals surface area contributed by atoms with E-state index in [2.05, 4.69) is 5.32 Å². The van der Waals surface area contributed by atoms with Gasteiger partial charge >= 0.3 is 0 Å². The zero-order chi connectivity index (χ0) is 14.6. The van der Waals surface area contributed by atoms with E-state index in [0.29, 0.717) is 6.04 Å². The van der Waals surface area contributed by atoms with Gasteiger partial charge in [0.05, 0.1) is 6.04 Å². The van der Waals surface area contributed by atoms with Crippen LogP contribution >= 0.6 is 11.8 Å². The first-order chi connectivity index (χ1) is 9.58. The van der Waals surface area contributed by atoms with Gasteiger partial charge in [-0.1, -0.05) is 46.0 Å². The maximum Gasteiger partial charge on any atom is 0.269 e. The van der Waals surface area contributed by atoms with E-state index in [0.717, 1.165) is 18.0 Å². The summed E-state index contributed by atoms with van der Waals surface area (Å²) in [6.07, 6.45) is 8.77. The van der Waals surface area contributed by atoms with Crippen molar-refractivity contribution in [1.29, 1.82) is 0 Å². The van der Waals surface area contributed by atoms with Crippen LogP contribution in [0.4, 0.5) is 0 Å². The van der Waals surface area contributed by atoms with Gasteiger partial charge in [0.25, 0.3) is 5.91 Å². The van der Waals surface area contributed by atoms with Crippen LogP contribution in [0.3, 0.4) is 0 Å². The molecule has 1 unspecified atom stereocenters. The summed E-state index contributed by atoms with van der Waals surface area (Å²) in [7, 11) is 1.60. The highest BCUT2D eigenvalue weighted by Gasteiger charge is 2.49. The fourth-order valence-corrected chi connectivity index (χ4v) is 4.03. The van der Waals surface area contributed by atoms with Gasteiger partial charge in [-0.2, -0.15) is 0 Å². The van der Waals surface area contributed by atoms with E-state index in [9.17, 15) is 4.79 Å². The van der Waals surface area contributed by atoms with E-state index < -0.39 is 4.93 Å². The molecule has 0 bridgehead atoms. The maximum atomic E-state index is 12.2. The molecule has 1 aliphatic carbocycles. The summed E-state index contributed by atoms with van der Waals surface area (Å²) in [6, 6.07) is 0.359. The Morgan fingerprint density at radius 1 is 1.25 bits per heavy atom. The number of amidine groups is 1. The number of hydrogen-bond donors (Lipinski definition) is 1. The lowest BCUT2D eigenvalue weighted by molar-refractivity contribution is -0.134. The summed E-state index contributed by atoms with van der Waals surface area (Å²) < 4.78 is 5.51. The highest BCUT2D eigenvalue weighted by atomic mass is 32.2. The SMILES string of the molecule is COC1(C(C)C)SC(=NC2CCCCCCC2)NC1=O. The predicted octanol–water partition coefficient (Wildman–Crippen LogP) is 3.32. The number of carbonyl (C=O) groups excluding carboxylic acids is 1. The van der Waals surface area contributed by atoms with Gasteiger partial charge in [-0.3, -0.25) is 9.79 Å². The molecule has 0 spiro atoms. The molecule has 2 aliphatic rings. The molecule has 0 aromatic carbocycles. The van der Waals surface area contributed by atoms with E-state index in [-0.39, 0.29) is 11.8 Å². The number of methoxy groups -OCH3 is 1. The third-order valence-corrected chi connectivity index (χ3v) is 5.75. The van der Waals surface area contributed by atoms with Crippen LogP contribution in [0.25, 0.3) is 0 Å². The van der Waals surface area contributed by atoms with Gasteiger partial charge in [-0.25, -0.2) is 0 Å². The Labute approximate surface area is 126 Å². The quantitative estimate of drug-likeness (QED) is 0.869. The fourth-order valence-electron chi connectivity index (χ4n) is 2.94. The first-order valence-electron chi connectivity index (χ1n) is 7.72. The van der Waals surface area contributed by atoms with Crippen LogP contribution < -0.4 is 5.32 Å². The van der Waals surface area contributed by atoms with Crippen molar-refractivity contribution in [3.05, 3.63) is 0 Å². The molecule has 0 aromatic heterocycles. The molecule has 0 aromatic rings. The smallest absolute Gasteiger partial charge is 0.269 e. The zero-order valence-corrected chi connectivity index (χ0v) is 13.6.